The van der Waals surface area contributed by atoms with Crippen LogP contribution in [-0.2, 0) is 4.74 Å². The van der Waals surface area contributed by atoms with Crippen LogP contribution in [0.5, 0.6) is 0 Å². The Kier molecular flexibility index (Phi) is 5.42. The van der Waals surface area contributed by atoms with Crippen molar-refractivity contribution in [1.29, 1.82) is 0 Å². The third-order valence-corrected chi connectivity index (χ3v) is 3.52. The molecule has 24 heavy (non-hydrogen) atoms. The van der Waals surface area contributed by atoms with Gasteiger partial charge in [-0.05, 0) is 33.6 Å². The first-order valence-electron chi connectivity index (χ1n) is 7.81. The smallest absolute Gasteiger partial charge is 0.410 e. The Morgan fingerprint density at radius 3 is 2.83 bits per heavy atom. The van der Waals surface area contributed by atoms with Gasteiger partial charge in [0.15, 0.2) is 11.7 Å². The number of H-pyrrole nitrogens is 1. The lowest BCUT2D eigenvalue weighted by Crippen LogP contribution is -2.48. The Labute approximate surface area is 140 Å². The second-order valence-corrected chi connectivity index (χ2v) is 6.64. The van der Waals surface area contributed by atoms with Crippen molar-refractivity contribution in [2.24, 2.45) is 11.1 Å². The number of piperidine rings is 1. The van der Waals surface area contributed by atoms with E-state index in [4.69, 9.17) is 4.74 Å². The molecule has 0 aromatic carbocycles. The van der Waals surface area contributed by atoms with Crippen molar-refractivity contribution in [2.45, 2.75) is 39.2 Å². The van der Waals surface area contributed by atoms with Crippen molar-refractivity contribution in [3.63, 3.8) is 0 Å². The van der Waals surface area contributed by atoms with Gasteiger partial charge in [-0.3, -0.25) is 4.79 Å². The molecule has 3 N–H and O–H groups in total. The predicted octanol–water partition coefficient (Wildman–Crippen LogP) is 1.57. The van der Waals surface area contributed by atoms with E-state index in [0.29, 0.717) is 19.5 Å². The fourth-order valence-electron chi connectivity index (χ4n) is 2.47. The van der Waals surface area contributed by atoms with Crippen molar-refractivity contribution in [3.05, 3.63) is 18.2 Å². The van der Waals surface area contributed by atoms with Crippen LogP contribution in [0.1, 0.15) is 44.2 Å². The Morgan fingerprint density at radius 2 is 2.25 bits per heavy atom. The molecule has 0 bridgehead atoms. The van der Waals surface area contributed by atoms with Gasteiger partial charge in [-0.2, -0.15) is 0 Å². The molecule has 1 aromatic rings. The minimum atomic E-state index is -0.578. The SMILES string of the molecule is CC(C)(C)OC(=O)N1CCCC(C(=NO)NC(=O)c2ncc[nH]2)C1. The number of hydrogen-bond donors (Lipinski definition) is 3. The molecule has 2 heterocycles. The highest BCUT2D eigenvalue weighted by molar-refractivity contribution is 6.05. The predicted molar refractivity (Wildman–Crippen MR) is 85.8 cm³/mol. The third kappa shape index (κ3) is 4.71. The number of aromatic amines is 1. The quantitative estimate of drug-likeness (QED) is 0.327. The summed E-state index contributed by atoms with van der Waals surface area (Å²) < 4.78 is 5.36. The Balaban J connectivity index is 1.99. The van der Waals surface area contributed by atoms with E-state index in [2.05, 4.69) is 20.4 Å². The zero-order valence-electron chi connectivity index (χ0n) is 14.1. The number of aromatic nitrogens is 2. The minimum absolute atomic E-state index is 0.115. The van der Waals surface area contributed by atoms with Crippen molar-refractivity contribution in [3.8, 4) is 0 Å². The molecule has 132 valence electrons. The van der Waals surface area contributed by atoms with Gasteiger partial charge in [0, 0.05) is 31.4 Å². The summed E-state index contributed by atoms with van der Waals surface area (Å²) in [6.07, 6.45) is 3.98. The van der Waals surface area contributed by atoms with E-state index in [1.807, 2.05) is 0 Å². The summed E-state index contributed by atoms with van der Waals surface area (Å²) in [6, 6.07) is 0. The number of nitrogens with one attached hydrogen (secondary N) is 2. The van der Waals surface area contributed by atoms with Gasteiger partial charge in [-0.25, -0.2) is 9.78 Å². The largest absolute Gasteiger partial charge is 0.444 e. The van der Waals surface area contributed by atoms with Crippen LogP contribution in [0, 0.1) is 5.92 Å². The minimum Gasteiger partial charge on any atom is -0.444 e. The summed E-state index contributed by atoms with van der Waals surface area (Å²) in [5.41, 5.74) is -0.578. The number of amides is 2. The number of nitrogens with zero attached hydrogens (tertiary/aromatic N) is 3. The lowest BCUT2D eigenvalue weighted by atomic mass is 9.97. The standard InChI is InChI=1S/C15H23N5O4/c1-15(2,3)24-14(22)20-8-4-5-10(9-20)11(19-23)18-13(21)12-16-6-7-17-12/h6-7,10,23H,4-5,8-9H2,1-3H3,(H,16,17)(H,18,19,21). The highest BCUT2D eigenvalue weighted by Gasteiger charge is 2.31. The molecule has 0 radical (unpaired) electrons. The zero-order chi connectivity index (χ0) is 17.7. The van der Waals surface area contributed by atoms with Crippen LogP contribution in [0.25, 0.3) is 0 Å². The molecule has 1 saturated heterocycles. The lowest BCUT2D eigenvalue weighted by Gasteiger charge is -2.34. The molecule has 1 unspecified atom stereocenters. The molecular weight excluding hydrogens is 314 g/mol. The fraction of sp³-hybridized carbons (Fsp3) is 0.600. The highest BCUT2D eigenvalue weighted by Crippen LogP contribution is 2.20. The Morgan fingerprint density at radius 1 is 1.50 bits per heavy atom. The van der Waals surface area contributed by atoms with E-state index in [-0.39, 0.29) is 17.6 Å². The topological polar surface area (TPSA) is 120 Å². The Hall–Kier alpha value is -2.58. The summed E-state index contributed by atoms with van der Waals surface area (Å²) in [5.74, 6) is -0.544. The average molecular weight is 337 g/mol. The fourth-order valence-corrected chi connectivity index (χ4v) is 2.47. The molecule has 0 saturated carbocycles. The van der Waals surface area contributed by atoms with Crippen LogP contribution in [-0.4, -0.2) is 56.6 Å². The van der Waals surface area contributed by atoms with Crippen molar-refractivity contribution in [2.75, 3.05) is 13.1 Å². The van der Waals surface area contributed by atoms with Gasteiger partial charge in [-0.1, -0.05) is 5.16 Å². The number of amidine groups is 1. The zero-order valence-corrected chi connectivity index (χ0v) is 14.1. The molecule has 9 heteroatoms. The molecule has 1 fully saturated rings. The molecule has 2 rings (SSSR count). The summed E-state index contributed by atoms with van der Waals surface area (Å²) in [7, 11) is 0. The maximum absolute atomic E-state index is 12.2. The van der Waals surface area contributed by atoms with Crippen molar-refractivity contribution >= 4 is 17.8 Å². The monoisotopic (exact) mass is 337 g/mol. The third-order valence-electron chi connectivity index (χ3n) is 3.52. The van der Waals surface area contributed by atoms with Crippen LogP contribution in [0.4, 0.5) is 4.79 Å². The summed E-state index contributed by atoms with van der Waals surface area (Å²) in [6.45, 7) is 6.28. The molecule has 1 aliphatic heterocycles. The van der Waals surface area contributed by atoms with E-state index in [1.54, 1.807) is 25.7 Å². The second kappa shape index (κ2) is 7.33. The molecule has 1 aliphatic rings. The van der Waals surface area contributed by atoms with E-state index in [1.165, 1.54) is 12.4 Å². The summed E-state index contributed by atoms with van der Waals surface area (Å²) in [4.78, 5) is 32.3. The van der Waals surface area contributed by atoms with Gasteiger partial charge in [0.2, 0.25) is 0 Å². The van der Waals surface area contributed by atoms with E-state index in [0.717, 1.165) is 6.42 Å². The van der Waals surface area contributed by atoms with Gasteiger partial charge in [-0.15, -0.1) is 0 Å². The normalized spacial score (nSPS) is 19.0. The Bertz CT molecular complexity index is 606. The molecule has 0 spiro atoms. The number of rotatable bonds is 2. The number of oxime groups is 1. The van der Waals surface area contributed by atoms with E-state index >= 15 is 0 Å². The molecular formula is C15H23N5O4. The van der Waals surface area contributed by atoms with Crippen LogP contribution >= 0.6 is 0 Å². The summed E-state index contributed by atoms with van der Waals surface area (Å²) in [5, 5.41) is 15.0. The van der Waals surface area contributed by atoms with E-state index < -0.39 is 17.6 Å². The van der Waals surface area contributed by atoms with Crippen LogP contribution in [0.3, 0.4) is 0 Å². The maximum atomic E-state index is 12.2. The number of hydrogen-bond acceptors (Lipinski definition) is 6. The first-order chi connectivity index (χ1) is 11.3. The van der Waals surface area contributed by atoms with Gasteiger partial charge in [0.25, 0.3) is 5.91 Å². The number of imidazole rings is 1. The maximum Gasteiger partial charge on any atom is 0.410 e. The number of carbonyl (C=O) groups excluding carboxylic acids is 2. The van der Waals surface area contributed by atoms with Gasteiger partial charge >= 0.3 is 6.09 Å². The molecule has 1 atom stereocenters. The first kappa shape index (κ1) is 17.8. The van der Waals surface area contributed by atoms with Crippen LogP contribution in [0.15, 0.2) is 17.5 Å². The highest BCUT2D eigenvalue weighted by atomic mass is 16.6. The second-order valence-electron chi connectivity index (χ2n) is 6.64. The van der Waals surface area contributed by atoms with Crippen LogP contribution in [0.2, 0.25) is 0 Å². The van der Waals surface area contributed by atoms with Crippen molar-refractivity contribution in [1.82, 2.24) is 20.2 Å². The first-order valence-corrected chi connectivity index (χ1v) is 7.81. The number of likely N-dealkylation sites (tertiary alicyclic amines) is 1. The lowest BCUT2D eigenvalue weighted by molar-refractivity contribution is 0.0192. The van der Waals surface area contributed by atoms with Gasteiger partial charge < -0.3 is 25.1 Å². The molecule has 9 nitrogen and oxygen atoms in total. The number of carbonyl (C=O) groups is 2. The molecule has 2 amide bonds. The van der Waals surface area contributed by atoms with Gasteiger partial charge in [0.1, 0.15) is 5.60 Å². The molecule has 1 aromatic heterocycles. The van der Waals surface area contributed by atoms with Gasteiger partial charge in [0.05, 0.1) is 0 Å². The van der Waals surface area contributed by atoms with Crippen LogP contribution < -0.4 is 5.32 Å². The summed E-state index contributed by atoms with van der Waals surface area (Å²) >= 11 is 0. The molecule has 0 aliphatic carbocycles. The number of ether oxygens (including phenoxy) is 1. The van der Waals surface area contributed by atoms with Crippen molar-refractivity contribution < 1.29 is 19.5 Å². The average Bonchev–Trinajstić information content (AvgIpc) is 3.05. The van der Waals surface area contributed by atoms with E-state index in [9.17, 15) is 14.8 Å².